The number of hydrogen-bond acceptors (Lipinski definition) is 3. The Hall–Kier alpha value is -3.13. The van der Waals surface area contributed by atoms with Gasteiger partial charge in [-0.05, 0) is 18.2 Å². The van der Waals surface area contributed by atoms with E-state index in [0.29, 0.717) is 17.8 Å². The van der Waals surface area contributed by atoms with Crippen molar-refractivity contribution in [3.63, 3.8) is 0 Å². The van der Waals surface area contributed by atoms with Gasteiger partial charge in [-0.15, -0.1) is 0 Å². The van der Waals surface area contributed by atoms with Crippen molar-refractivity contribution in [1.82, 2.24) is 9.55 Å². The highest BCUT2D eigenvalue weighted by Crippen LogP contribution is 2.22. The Bertz CT molecular complexity index is 875. The smallest absolute Gasteiger partial charge is 0.337 e. The third-order valence-electron chi connectivity index (χ3n) is 3.36. The minimum absolute atomic E-state index is 0.250. The summed E-state index contributed by atoms with van der Waals surface area (Å²) in [6.07, 6.45) is 3.39. The number of aromatic carboxylic acids is 1. The molecule has 102 valence electrons. The van der Waals surface area contributed by atoms with E-state index in [9.17, 15) is 9.90 Å². The van der Waals surface area contributed by atoms with Crippen molar-refractivity contribution in [2.45, 2.75) is 6.54 Å². The number of benzene rings is 1. The maximum atomic E-state index is 11.4. The van der Waals surface area contributed by atoms with Crippen molar-refractivity contribution in [1.29, 1.82) is 5.26 Å². The summed E-state index contributed by atoms with van der Waals surface area (Å²) in [5.41, 5.74) is 2.02. The molecule has 0 bridgehead atoms. The molecule has 0 atom stereocenters. The molecule has 0 spiro atoms. The van der Waals surface area contributed by atoms with Gasteiger partial charge in [0.25, 0.3) is 0 Å². The second-order valence-electron chi connectivity index (χ2n) is 4.62. The Morgan fingerprint density at radius 3 is 2.90 bits per heavy atom. The maximum Gasteiger partial charge on any atom is 0.337 e. The van der Waals surface area contributed by atoms with Crippen molar-refractivity contribution in [2.75, 3.05) is 0 Å². The lowest BCUT2D eigenvalue weighted by molar-refractivity contribution is 0.0698. The van der Waals surface area contributed by atoms with E-state index in [1.54, 1.807) is 24.4 Å². The fraction of sp³-hybridized carbons (Fsp3) is 0.0625. The SMILES string of the molecule is N#Cc1ncccc1Cn1ccc2cccc(C(=O)O)c21. The molecule has 5 nitrogen and oxygen atoms in total. The van der Waals surface area contributed by atoms with E-state index in [0.717, 1.165) is 10.9 Å². The quantitative estimate of drug-likeness (QED) is 0.798. The number of aromatic nitrogens is 2. The van der Waals surface area contributed by atoms with E-state index in [1.165, 1.54) is 0 Å². The van der Waals surface area contributed by atoms with Crippen molar-refractivity contribution < 1.29 is 9.90 Å². The second kappa shape index (κ2) is 5.10. The van der Waals surface area contributed by atoms with Crippen molar-refractivity contribution in [3.8, 4) is 6.07 Å². The molecular formula is C16H11N3O2. The van der Waals surface area contributed by atoms with Crippen LogP contribution in [0, 0.1) is 11.3 Å². The summed E-state index contributed by atoms with van der Waals surface area (Å²) in [5.74, 6) is -0.966. The van der Waals surface area contributed by atoms with Gasteiger partial charge < -0.3 is 9.67 Å². The van der Waals surface area contributed by atoms with Crippen molar-refractivity contribution in [2.24, 2.45) is 0 Å². The molecule has 0 saturated carbocycles. The van der Waals surface area contributed by atoms with Gasteiger partial charge in [-0.3, -0.25) is 0 Å². The highest BCUT2D eigenvalue weighted by atomic mass is 16.4. The van der Waals surface area contributed by atoms with Gasteiger partial charge >= 0.3 is 5.97 Å². The third-order valence-corrected chi connectivity index (χ3v) is 3.36. The fourth-order valence-electron chi connectivity index (χ4n) is 2.42. The molecule has 0 aliphatic carbocycles. The summed E-state index contributed by atoms with van der Waals surface area (Å²) < 4.78 is 1.83. The summed E-state index contributed by atoms with van der Waals surface area (Å²) in [5, 5.41) is 19.3. The number of hydrogen-bond donors (Lipinski definition) is 1. The van der Waals surface area contributed by atoms with E-state index in [4.69, 9.17) is 5.26 Å². The number of carbonyl (C=O) groups is 1. The first kappa shape index (κ1) is 12.9. The standard InChI is InChI=1S/C16H11N3O2/c17-9-14-12(4-2-7-18-14)10-19-8-6-11-3-1-5-13(15(11)19)16(20)21/h1-8H,10H2,(H,20,21). The predicted octanol–water partition coefficient (Wildman–Crippen LogP) is 2.65. The van der Waals surface area contributed by atoms with Crippen LogP contribution in [0.1, 0.15) is 21.6 Å². The van der Waals surface area contributed by atoms with Crippen LogP contribution < -0.4 is 0 Å². The summed E-state index contributed by atoms with van der Waals surface area (Å²) in [6, 6.07) is 12.7. The molecule has 21 heavy (non-hydrogen) atoms. The minimum atomic E-state index is -0.966. The molecule has 0 aliphatic rings. The monoisotopic (exact) mass is 277 g/mol. The van der Waals surface area contributed by atoms with Gasteiger partial charge in [0, 0.05) is 23.3 Å². The number of carboxylic acid groups (broad SMARTS) is 1. The summed E-state index contributed by atoms with van der Waals surface area (Å²) in [6.45, 7) is 0.407. The Morgan fingerprint density at radius 2 is 2.14 bits per heavy atom. The zero-order chi connectivity index (χ0) is 14.8. The number of para-hydroxylation sites is 1. The van der Waals surface area contributed by atoms with Gasteiger partial charge in [-0.2, -0.15) is 5.26 Å². The third kappa shape index (κ3) is 2.23. The largest absolute Gasteiger partial charge is 0.478 e. The van der Waals surface area contributed by atoms with Crippen LogP contribution in [-0.4, -0.2) is 20.6 Å². The number of fused-ring (bicyclic) bond motifs is 1. The molecule has 2 aromatic heterocycles. The molecule has 1 aromatic carbocycles. The molecule has 5 heteroatoms. The second-order valence-corrected chi connectivity index (χ2v) is 4.62. The fourth-order valence-corrected chi connectivity index (χ4v) is 2.42. The Kier molecular flexibility index (Phi) is 3.13. The normalized spacial score (nSPS) is 10.4. The van der Waals surface area contributed by atoms with E-state index < -0.39 is 5.97 Å². The number of carboxylic acids is 1. The molecule has 0 unspecified atom stereocenters. The van der Waals surface area contributed by atoms with Gasteiger partial charge in [0.2, 0.25) is 0 Å². The lowest BCUT2D eigenvalue weighted by atomic mass is 10.1. The van der Waals surface area contributed by atoms with Gasteiger partial charge in [0.05, 0.1) is 17.6 Å². The molecule has 1 N–H and O–H groups in total. The molecule has 0 fully saturated rings. The van der Waals surface area contributed by atoms with Crippen molar-refractivity contribution in [3.05, 3.63) is 65.6 Å². The molecular weight excluding hydrogens is 266 g/mol. The van der Waals surface area contributed by atoms with E-state index in [1.807, 2.05) is 29.0 Å². The highest BCUT2D eigenvalue weighted by Gasteiger charge is 2.13. The van der Waals surface area contributed by atoms with Gasteiger partial charge in [-0.25, -0.2) is 9.78 Å². The van der Waals surface area contributed by atoms with E-state index >= 15 is 0 Å². The van der Waals surface area contributed by atoms with Crippen LogP contribution in [0.15, 0.2) is 48.8 Å². The van der Waals surface area contributed by atoms with Crippen LogP contribution >= 0.6 is 0 Å². The zero-order valence-electron chi connectivity index (χ0n) is 11.0. The lowest BCUT2D eigenvalue weighted by Crippen LogP contribution is -2.05. The van der Waals surface area contributed by atoms with Crippen LogP contribution in [0.4, 0.5) is 0 Å². The molecule has 3 rings (SSSR count). The van der Waals surface area contributed by atoms with Gasteiger partial charge in [0.15, 0.2) is 0 Å². The minimum Gasteiger partial charge on any atom is -0.478 e. The first-order chi connectivity index (χ1) is 10.2. The van der Waals surface area contributed by atoms with Crippen LogP contribution in [-0.2, 0) is 6.54 Å². The summed E-state index contributed by atoms with van der Waals surface area (Å²) in [7, 11) is 0. The number of rotatable bonds is 3. The first-order valence-electron chi connectivity index (χ1n) is 6.36. The molecule has 0 amide bonds. The highest BCUT2D eigenvalue weighted by molar-refractivity contribution is 6.02. The van der Waals surface area contributed by atoms with Crippen molar-refractivity contribution >= 4 is 16.9 Å². The number of nitrogens with zero attached hydrogens (tertiary/aromatic N) is 3. The Labute approximate surface area is 120 Å². The van der Waals surface area contributed by atoms with E-state index in [-0.39, 0.29) is 5.56 Å². The maximum absolute atomic E-state index is 11.4. The zero-order valence-corrected chi connectivity index (χ0v) is 11.0. The molecule has 0 aliphatic heterocycles. The Morgan fingerprint density at radius 1 is 1.29 bits per heavy atom. The molecule has 0 radical (unpaired) electrons. The topological polar surface area (TPSA) is 78.9 Å². The lowest BCUT2D eigenvalue weighted by Gasteiger charge is -2.08. The van der Waals surface area contributed by atoms with Crippen LogP contribution in [0.5, 0.6) is 0 Å². The van der Waals surface area contributed by atoms with E-state index in [2.05, 4.69) is 11.1 Å². The molecule has 2 heterocycles. The molecule has 3 aromatic rings. The van der Waals surface area contributed by atoms with Crippen LogP contribution in [0.25, 0.3) is 10.9 Å². The summed E-state index contributed by atoms with van der Waals surface area (Å²) in [4.78, 5) is 15.4. The van der Waals surface area contributed by atoms with Gasteiger partial charge in [0.1, 0.15) is 11.8 Å². The average Bonchev–Trinajstić information content (AvgIpc) is 2.91. The molecule has 0 saturated heterocycles. The average molecular weight is 277 g/mol. The predicted molar refractivity (Wildman–Crippen MR) is 77.0 cm³/mol. The van der Waals surface area contributed by atoms with Crippen LogP contribution in [0.3, 0.4) is 0 Å². The number of nitriles is 1. The first-order valence-corrected chi connectivity index (χ1v) is 6.36. The Balaban J connectivity index is 2.14. The van der Waals surface area contributed by atoms with Crippen LogP contribution in [0.2, 0.25) is 0 Å². The number of pyridine rings is 1. The summed E-state index contributed by atoms with van der Waals surface area (Å²) >= 11 is 0. The van der Waals surface area contributed by atoms with Gasteiger partial charge in [-0.1, -0.05) is 18.2 Å².